The fourth-order valence-electron chi connectivity index (χ4n) is 3.91. The largest absolute Gasteiger partial charge is 0.493 e. The lowest BCUT2D eigenvalue weighted by Crippen LogP contribution is -2.23. The first-order chi connectivity index (χ1) is 17.0. The zero-order valence-electron chi connectivity index (χ0n) is 19.6. The molecule has 1 N–H and O–H groups in total. The summed E-state index contributed by atoms with van der Waals surface area (Å²) in [6, 6.07) is 16.6. The Morgan fingerprint density at radius 3 is 2.60 bits per heavy atom. The number of methoxy groups -OCH3 is 2. The number of amides is 1. The Kier molecular flexibility index (Phi) is 8.11. The maximum absolute atomic E-state index is 13.0. The number of thioether (sulfide) groups is 1. The second-order valence-electron chi connectivity index (χ2n) is 7.75. The van der Waals surface area contributed by atoms with Gasteiger partial charge in [-0.3, -0.25) is 4.79 Å². The molecule has 4 rings (SSSR count). The molecule has 0 bridgehead atoms. The number of aryl methyl sites for hydroxylation is 1. The van der Waals surface area contributed by atoms with Crippen molar-refractivity contribution in [3.63, 3.8) is 0 Å². The summed E-state index contributed by atoms with van der Waals surface area (Å²) in [7, 11) is 3.16. The number of halogens is 2. The van der Waals surface area contributed by atoms with Gasteiger partial charge in [0.25, 0.3) is 5.91 Å². The van der Waals surface area contributed by atoms with Gasteiger partial charge in [-0.25, -0.2) is 4.98 Å². The zero-order chi connectivity index (χ0) is 24.9. The lowest BCUT2D eigenvalue weighted by atomic mass is 10.1. The van der Waals surface area contributed by atoms with Crippen molar-refractivity contribution in [1.82, 2.24) is 14.9 Å². The summed E-state index contributed by atoms with van der Waals surface area (Å²) in [6.45, 7) is 1.07. The van der Waals surface area contributed by atoms with Crippen LogP contribution in [-0.4, -0.2) is 41.7 Å². The van der Waals surface area contributed by atoms with Crippen LogP contribution in [0.25, 0.3) is 22.4 Å². The van der Waals surface area contributed by atoms with Crippen molar-refractivity contribution in [2.24, 2.45) is 0 Å². The highest BCUT2D eigenvalue weighted by molar-refractivity contribution is 7.98. The van der Waals surface area contributed by atoms with Crippen LogP contribution in [0.2, 0.25) is 10.0 Å². The van der Waals surface area contributed by atoms with E-state index in [-0.39, 0.29) is 5.91 Å². The molecular formula is C26H25Cl2N3O3S. The number of carbonyl (C=O) groups excluding carboxylic acids is 1. The van der Waals surface area contributed by atoms with Gasteiger partial charge in [0, 0.05) is 35.5 Å². The summed E-state index contributed by atoms with van der Waals surface area (Å²) in [4.78, 5) is 17.8. The summed E-state index contributed by atoms with van der Waals surface area (Å²) < 4.78 is 13.0. The van der Waals surface area contributed by atoms with Crippen LogP contribution in [0.3, 0.4) is 0 Å². The normalized spacial score (nSPS) is 11.0. The molecule has 4 aromatic rings. The summed E-state index contributed by atoms with van der Waals surface area (Å²) >= 11 is 14.1. The molecule has 0 radical (unpaired) electrons. The maximum atomic E-state index is 13.0. The molecule has 1 amide bonds. The Labute approximate surface area is 218 Å². The Morgan fingerprint density at radius 1 is 1.06 bits per heavy atom. The van der Waals surface area contributed by atoms with Gasteiger partial charge in [0.1, 0.15) is 5.82 Å². The predicted octanol–water partition coefficient (Wildman–Crippen LogP) is 6.32. The van der Waals surface area contributed by atoms with E-state index in [4.69, 9.17) is 37.7 Å². The minimum atomic E-state index is -0.202. The number of aromatic nitrogens is 2. The van der Waals surface area contributed by atoms with Gasteiger partial charge in [-0.2, -0.15) is 11.8 Å². The van der Waals surface area contributed by atoms with E-state index in [1.807, 2.05) is 48.5 Å². The molecule has 3 aromatic carbocycles. The van der Waals surface area contributed by atoms with E-state index in [1.54, 1.807) is 32.0 Å². The molecule has 6 nitrogen and oxygen atoms in total. The van der Waals surface area contributed by atoms with Gasteiger partial charge in [0.15, 0.2) is 11.5 Å². The fourth-order valence-corrected chi connectivity index (χ4v) is 4.57. The van der Waals surface area contributed by atoms with Crippen LogP contribution >= 0.6 is 35.0 Å². The van der Waals surface area contributed by atoms with E-state index in [0.29, 0.717) is 33.7 Å². The number of hydrogen-bond acceptors (Lipinski definition) is 5. The molecule has 1 heterocycles. The first kappa shape index (κ1) is 25.2. The highest BCUT2D eigenvalue weighted by Crippen LogP contribution is 2.32. The number of nitrogens with zero attached hydrogens (tertiary/aromatic N) is 2. The number of carbonyl (C=O) groups is 1. The van der Waals surface area contributed by atoms with E-state index in [2.05, 4.69) is 16.1 Å². The van der Waals surface area contributed by atoms with Crippen LogP contribution in [0, 0.1) is 0 Å². The van der Waals surface area contributed by atoms with Crippen LogP contribution in [0.1, 0.15) is 15.9 Å². The van der Waals surface area contributed by atoms with Crippen molar-refractivity contribution in [2.75, 3.05) is 26.2 Å². The van der Waals surface area contributed by atoms with Gasteiger partial charge in [0.05, 0.1) is 35.3 Å². The Bertz CT molecular complexity index is 1370. The van der Waals surface area contributed by atoms with Gasteiger partial charge >= 0.3 is 0 Å². The molecular weight excluding hydrogens is 505 g/mol. The van der Waals surface area contributed by atoms with Gasteiger partial charge in [-0.05, 0) is 48.7 Å². The third-order valence-electron chi connectivity index (χ3n) is 5.63. The summed E-state index contributed by atoms with van der Waals surface area (Å²) in [6.07, 6.45) is 2.07. The van der Waals surface area contributed by atoms with Crippen LogP contribution in [0.5, 0.6) is 11.5 Å². The van der Waals surface area contributed by atoms with Gasteiger partial charge in [0.2, 0.25) is 0 Å². The Morgan fingerprint density at radius 2 is 1.89 bits per heavy atom. The maximum Gasteiger partial charge on any atom is 0.251 e. The topological polar surface area (TPSA) is 65.4 Å². The van der Waals surface area contributed by atoms with Gasteiger partial charge < -0.3 is 19.4 Å². The monoisotopic (exact) mass is 529 g/mol. The molecule has 0 atom stereocenters. The third kappa shape index (κ3) is 5.37. The molecule has 0 aliphatic heterocycles. The SMILES string of the molecule is COc1cccc(CNC(=O)c2ccc3c(c2)nc(-c2ccc(Cl)c(Cl)c2)n3CCSC)c1OC. The minimum Gasteiger partial charge on any atom is -0.493 e. The van der Waals surface area contributed by atoms with E-state index >= 15 is 0 Å². The summed E-state index contributed by atoms with van der Waals surface area (Å²) in [5.41, 5.74) is 3.90. The van der Waals surface area contributed by atoms with Crippen molar-refractivity contribution >= 4 is 51.9 Å². The molecule has 0 aliphatic carbocycles. The van der Waals surface area contributed by atoms with E-state index in [1.165, 1.54) is 0 Å². The highest BCUT2D eigenvalue weighted by Gasteiger charge is 2.17. The lowest BCUT2D eigenvalue weighted by Gasteiger charge is -2.13. The van der Waals surface area contributed by atoms with E-state index < -0.39 is 0 Å². The molecule has 0 fully saturated rings. The molecule has 182 valence electrons. The third-order valence-corrected chi connectivity index (χ3v) is 6.96. The number of para-hydroxylation sites is 1. The Balaban J connectivity index is 1.64. The van der Waals surface area contributed by atoms with Gasteiger partial charge in [-0.15, -0.1) is 0 Å². The van der Waals surface area contributed by atoms with Crippen LogP contribution in [0.15, 0.2) is 54.6 Å². The summed E-state index contributed by atoms with van der Waals surface area (Å²) in [5, 5.41) is 3.93. The van der Waals surface area contributed by atoms with E-state index in [9.17, 15) is 4.79 Å². The quantitative estimate of drug-likeness (QED) is 0.274. The van der Waals surface area contributed by atoms with Crippen molar-refractivity contribution in [2.45, 2.75) is 13.1 Å². The van der Waals surface area contributed by atoms with Gasteiger partial charge in [-0.1, -0.05) is 35.3 Å². The van der Waals surface area contributed by atoms with Crippen molar-refractivity contribution in [3.05, 3.63) is 75.8 Å². The lowest BCUT2D eigenvalue weighted by molar-refractivity contribution is 0.0950. The molecule has 9 heteroatoms. The first-order valence-electron chi connectivity index (χ1n) is 10.9. The number of ether oxygens (including phenoxy) is 2. The number of hydrogen-bond donors (Lipinski definition) is 1. The molecule has 0 unspecified atom stereocenters. The average Bonchev–Trinajstić information content (AvgIpc) is 3.24. The Hall–Kier alpha value is -2.87. The summed E-state index contributed by atoms with van der Waals surface area (Å²) in [5.74, 6) is 2.72. The fraction of sp³-hybridized carbons (Fsp3) is 0.231. The van der Waals surface area contributed by atoms with Crippen molar-refractivity contribution in [1.29, 1.82) is 0 Å². The molecule has 0 aliphatic rings. The standard InChI is InChI=1S/C26H25Cl2N3O3S/c1-33-23-6-4-5-18(24(23)34-2)15-29-26(32)17-8-10-22-21(14-17)30-25(31(22)11-12-35-3)16-7-9-19(27)20(28)13-16/h4-10,13-14H,11-12,15H2,1-3H3,(H,29,32). The molecule has 0 spiro atoms. The second-order valence-corrected chi connectivity index (χ2v) is 9.55. The molecule has 0 saturated heterocycles. The van der Waals surface area contributed by atoms with Crippen molar-refractivity contribution < 1.29 is 14.3 Å². The number of rotatable bonds is 9. The molecule has 0 saturated carbocycles. The second kappa shape index (κ2) is 11.2. The number of benzene rings is 3. The molecule has 35 heavy (non-hydrogen) atoms. The molecule has 1 aromatic heterocycles. The first-order valence-corrected chi connectivity index (χ1v) is 13.0. The van der Waals surface area contributed by atoms with E-state index in [0.717, 1.165) is 40.3 Å². The number of fused-ring (bicyclic) bond motifs is 1. The average molecular weight is 530 g/mol. The van der Waals surface area contributed by atoms with Crippen LogP contribution in [0.4, 0.5) is 0 Å². The minimum absolute atomic E-state index is 0.202. The smallest absolute Gasteiger partial charge is 0.251 e. The van der Waals surface area contributed by atoms with Crippen LogP contribution in [-0.2, 0) is 13.1 Å². The zero-order valence-corrected chi connectivity index (χ0v) is 21.9. The number of imidazole rings is 1. The van der Waals surface area contributed by atoms with Crippen LogP contribution < -0.4 is 14.8 Å². The predicted molar refractivity (Wildman–Crippen MR) is 144 cm³/mol. The highest BCUT2D eigenvalue weighted by atomic mass is 35.5. The van der Waals surface area contributed by atoms with Crippen molar-refractivity contribution in [3.8, 4) is 22.9 Å². The number of nitrogens with one attached hydrogen (secondary N) is 1.